The summed E-state index contributed by atoms with van der Waals surface area (Å²) < 4.78 is 0. The molecule has 0 atom stereocenters. The molecule has 19 heavy (non-hydrogen) atoms. The molecular formula is C19H18. The molecule has 0 spiro atoms. The Morgan fingerprint density at radius 2 is 1.26 bits per heavy atom. The predicted octanol–water partition coefficient (Wildman–Crippen LogP) is 5.63. The van der Waals surface area contributed by atoms with Gasteiger partial charge in [-0.2, -0.15) is 0 Å². The fraction of sp³-hybridized carbons (Fsp3) is 0.158. The molecule has 0 N–H and O–H groups in total. The van der Waals surface area contributed by atoms with E-state index in [0.717, 1.165) is 0 Å². The van der Waals surface area contributed by atoms with Crippen LogP contribution in [0.2, 0.25) is 0 Å². The van der Waals surface area contributed by atoms with Crippen LogP contribution < -0.4 is 0 Å². The molecule has 0 aliphatic heterocycles. The Morgan fingerprint density at radius 1 is 0.684 bits per heavy atom. The molecule has 0 saturated heterocycles. The first kappa shape index (κ1) is 12.0. The highest BCUT2D eigenvalue weighted by atomic mass is 14.1. The number of hydrogen-bond acceptors (Lipinski definition) is 0. The second kappa shape index (κ2) is 4.89. The summed E-state index contributed by atoms with van der Waals surface area (Å²) in [4.78, 5) is 0. The second-order valence-corrected chi connectivity index (χ2v) is 5.31. The molecule has 3 aromatic carbocycles. The van der Waals surface area contributed by atoms with Gasteiger partial charge in [0.15, 0.2) is 0 Å². The molecule has 0 nitrogen and oxygen atoms in total. The second-order valence-electron chi connectivity index (χ2n) is 5.31. The molecule has 0 amide bonds. The molecule has 3 aromatic rings. The Balaban J connectivity index is 2.30. The summed E-state index contributed by atoms with van der Waals surface area (Å²) in [6.45, 7) is 4.52. The Bertz CT molecular complexity index is 694. The highest BCUT2D eigenvalue weighted by Crippen LogP contribution is 2.33. The van der Waals surface area contributed by atoms with Crippen LogP contribution in [0.1, 0.15) is 25.3 Å². The molecule has 0 unspecified atom stereocenters. The number of rotatable bonds is 2. The fourth-order valence-corrected chi connectivity index (χ4v) is 2.60. The monoisotopic (exact) mass is 246 g/mol. The van der Waals surface area contributed by atoms with E-state index in [0.29, 0.717) is 5.92 Å². The van der Waals surface area contributed by atoms with Gasteiger partial charge in [-0.15, -0.1) is 0 Å². The average molecular weight is 246 g/mol. The van der Waals surface area contributed by atoms with Gasteiger partial charge in [0.25, 0.3) is 0 Å². The third-order valence-electron chi connectivity index (χ3n) is 3.62. The summed E-state index contributed by atoms with van der Waals surface area (Å²) in [5.74, 6) is 0.528. The van der Waals surface area contributed by atoms with Gasteiger partial charge in [0.2, 0.25) is 0 Å². The van der Waals surface area contributed by atoms with Gasteiger partial charge >= 0.3 is 0 Å². The standard InChI is InChI=1S/C19H18/c1-14(2)18-12-16-10-6-7-11-17(16)13-19(18)15-8-4-3-5-9-15/h3-14H,1-2H3. The first-order valence-electron chi connectivity index (χ1n) is 6.84. The zero-order chi connectivity index (χ0) is 13.2. The molecule has 0 radical (unpaired) electrons. The normalized spacial score (nSPS) is 11.1. The molecule has 0 aliphatic rings. The van der Waals surface area contributed by atoms with Gasteiger partial charge in [-0.3, -0.25) is 0 Å². The third-order valence-corrected chi connectivity index (χ3v) is 3.62. The lowest BCUT2D eigenvalue weighted by atomic mass is 9.90. The van der Waals surface area contributed by atoms with Gasteiger partial charge in [0, 0.05) is 0 Å². The van der Waals surface area contributed by atoms with Crippen molar-refractivity contribution in [2.24, 2.45) is 0 Å². The van der Waals surface area contributed by atoms with E-state index >= 15 is 0 Å². The minimum absolute atomic E-state index is 0.528. The minimum Gasteiger partial charge on any atom is -0.0622 e. The molecule has 0 aliphatic carbocycles. The largest absolute Gasteiger partial charge is 0.0622 e. The Labute approximate surface area is 114 Å². The molecule has 0 fully saturated rings. The molecule has 0 aromatic heterocycles. The maximum Gasteiger partial charge on any atom is -0.0143 e. The summed E-state index contributed by atoms with van der Waals surface area (Å²) >= 11 is 0. The predicted molar refractivity (Wildman–Crippen MR) is 83.5 cm³/mol. The van der Waals surface area contributed by atoms with Crippen molar-refractivity contribution in [3.63, 3.8) is 0 Å². The molecule has 0 heteroatoms. The van der Waals surface area contributed by atoms with Crippen LogP contribution in [0.25, 0.3) is 21.9 Å². The van der Waals surface area contributed by atoms with Crippen molar-refractivity contribution in [1.82, 2.24) is 0 Å². The van der Waals surface area contributed by atoms with E-state index in [2.05, 4.69) is 80.6 Å². The van der Waals surface area contributed by atoms with Gasteiger partial charge in [0.1, 0.15) is 0 Å². The van der Waals surface area contributed by atoms with Crippen LogP contribution in [-0.2, 0) is 0 Å². The molecule has 3 rings (SSSR count). The van der Waals surface area contributed by atoms with Gasteiger partial charge in [-0.25, -0.2) is 0 Å². The van der Waals surface area contributed by atoms with Crippen LogP contribution in [0.4, 0.5) is 0 Å². The topological polar surface area (TPSA) is 0 Å². The lowest BCUT2D eigenvalue weighted by Crippen LogP contribution is -1.93. The maximum atomic E-state index is 2.34. The van der Waals surface area contributed by atoms with E-state index in [1.54, 1.807) is 0 Å². The quantitative estimate of drug-likeness (QED) is 0.549. The molecule has 0 bridgehead atoms. The summed E-state index contributed by atoms with van der Waals surface area (Å²) in [6.07, 6.45) is 0. The van der Waals surface area contributed by atoms with E-state index < -0.39 is 0 Å². The zero-order valence-corrected chi connectivity index (χ0v) is 11.4. The van der Waals surface area contributed by atoms with Gasteiger partial charge < -0.3 is 0 Å². The van der Waals surface area contributed by atoms with Crippen molar-refractivity contribution in [1.29, 1.82) is 0 Å². The summed E-state index contributed by atoms with van der Waals surface area (Å²) in [5, 5.41) is 2.64. The Kier molecular flexibility index (Phi) is 3.08. The Morgan fingerprint density at radius 3 is 1.89 bits per heavy atom. The fourth-order valence-electron chi connectivity index (χ4n) is 2.60. The SMILES string of the molecule is CC(C)c1cc2ccccc2cc1-c1ccccc1. The van der Waals surface area contributed by atoms with Crippen LogP contribution in [0.3, 0.4) is 0 Å². The molecule has 0 saturated carbocycles. The van der Waals surface area contributed by atoms with Crippen molar-refractivity contribution < 1.29 is 0 Å². The number of fused-ring (bicyclic) bond motifs is 1. The van der Waals surface area contributed by atoms with Crippen LogP contribution in [0.15, 0.2) is 66.7 Å². The van der Waals surface area contributed by atoms with Crippen molar-refractivity contribution in [2.75, 3.05) is 0 Å². The average Bonchev–Trinajstić information content (AvgIpc) is 2.46. The highest BCUT2D eigenvalue weighted by molar-refractivity contribution is 5.89. The Hall–Kier alpha value is -2.08. The lowest BCUT2D eigenvalue weighted by molar-refractivity contribution is 0.871. The first-order chi connectivity index (χ1) is 9.25. The van der Waals surface area contributed by atoms with Crippen LogP contribution in [-0.4, -0.2) is 0 Å². The van der Waals surface area contributed by atoms with Crippen LogP contribution >= 0.6 is 0 Å². The van der Waals surface area contributed by atoms with E-state index in [1.165, 1.54) is 27.5 Å². The minimum atomic E-state index is 0.528. The van der Waals surface area contributed by atoms with E-state index in [1.807, 2.05) is 0 Å². The van der Waals surface area contributed by atoms with Crippen molar-refractivity contribution in [3.05, 3.63) is 72.3 Å². The zero-order valence-electron chi connectivity index (χ0n) is 11.4. The lowest BCUT2D eigenvalue weighted by Gasteiger charge is -2.15. The summed E-state index contributed by atoms with van der Waals surface area (Å²) in [7, 11) is 0. The van der Waals surface area contributed by atoms with Crippen LogP contribution in [0.5, 0.6) is 0 Å². The van der Waals surface area contributed by atoms with Crippen molar-refractivity contribution in [2.45, 2.75) is 19.8 Å². The third kappa shape index (κ3) is 2.26. The van der Waals surface area contributed by atoms with E-state index in [9.17, 15) is 0 Å². The highest BCUT2D eigenvalue weighted by Gasteiger charge is 2.09. The molecular weight excluding hydrogens is 228 g/mol. The first-order valence-corrected chi connectivity index (χ1v) is 6.84. The maximum absolute atomic E-state index is 2.34. The van der Waals surface area contributed by atoms with E-state index in [4.69, 9.17) is 0 Å². The van der Waals surface area contributed by atoms with Gasteiger partial charge in [-0.05, 0) is 39.4 Å². The van der Waals surface area contributed by atoms with Gasteiger partial charge in [0.05, 0.1) is 0 Å². The smallest absolute Gasteiger partial charge is 0.0143 e. The van der Waals surface area contributed by atoms with Gasteiger partial charge in [-0.1, -0.05) is 74.5 Å². The van der Waals surface area contributed by atoms with Crippen LogP contribution in [0, 0.1) is 0 Å². The van der Waals surface area contributed by atoms with Crippen molar-refractivity contribution in [3.8, 4) is 11.1 Å². The summed E-state index contributed by atoms with van der Waals surface area (Å²) in [6, 6.07) is 23.9. The molecule has 0 heterocycles. The van der Waals surface area contributed by atoms with Crippen molar-refractivity contribution >= 4 is 10.8 Å². The number of benzene rings is 3. The number of hydrogen-bond donors (Lipinski definition) is 0. The summed E-state index contributed by atoms with van der Waals surface area (Å²) in [5.41, 5.74) is 4.08. The van der Waals surface area contributed by atoms with E-state index in [-0.39, 0.29) is 0 Å². The molecule has 94 valence electrons.